The molecule has 0 rings (SSSR count). The minimum Gasteiger partial charge on any atom is -0.316 e. The van der Waals surface area contributed by atoms with Gasteiger partial charge in [0.15, 0.2) is 0 Å². The van der Waals surface area contributed by atoms with Gasteiger partial charge in [-0.3, -0.25) is 0 Å². The van der Waals surface area contributed by atoms with E-state index in [0.29, 0.717) is 0 Å². The van der Waals surface area contributed by atoms with Crippen molar-refractivity contribution in [1.82, 2.24) is 5.32 Å². The van der Waals surface area contributed by atoms with Crippen LogP contribution in [0.15, 0.2) is 0 Å². The van der Waals surface area contributed by atoms with Crippen molar-refractivity contribution in [3.8, 4) is 0 Å². The lowest BCUT2D eigenvalue weighted by atomic mass is 10.1. The zero-order valence-corrected chi connectivity index (χ0v) is 9.19. The molecule has 1 N–H and O–H groups in total. The third kappa shape index (κ3) is 9.96. The van der Waals surface area contributed by atoms with Gasteiger partial charge < -0.3 is 5.32 Å². The van der Waals surface area contributed by atoms with Gasteiger partial charge in [-0.05, 0) is 31.3 Å². The summed E-state index contributed by atoms with van der Waals surface area (Å²) in [5.74, 6) is 1.66. The second-order valence-electron chi connectivity index (χ2n) is 4.49. The molecule has 0 aliphatic carbocycles. The lowest BCUT2D eigenvalue weighted by molar-refractivity contribution is 0.498. The van der Waals surface area contributed by atoms with Crippen molar-refractivity contribution in [2.24, 2.45) is 11.8 Å². The molecule has 0 heterocycles. The number of hydrogen-bond acceptors (Lipinski definition) is 1. The number of rotatable bonds is 7. The highest BCUT2D eigenvalue weighted by atomic mass is 14.8. The molecule has 12 heavy (non-hydrogen) atoms. The predicted octanol–water partition coefficient (Wildman–Crippen LogP) is 3.06. The molecule has 0 saturated carbocycles. The van der Waals surface area contributed by atoms with E-state index >= 15 is 0 Å². The highest BCUT2D eigenvalue weighted by Crippen LogP contribution is 2.04. The van der Waals surface area contributed by atoms with E-state index in [1.165, 1.54) is 32.4 Å². The summed E-state index contributed by atoms with van der Waals surface area (Å²) in [6.45, 7) is 11.5. The van der Waals surface area contributed by atoms with Crippen molar-refractivity contribution in [3.63, 3.8) is 0 Å². The summed E-state index contributed by atoms with van der Waals surface area (Å²) < 4.78 is 0. The van der Waals surface area contributed by atoms with Gasteiger partial charge in [0.1, 0.15) is 0 Å². The fraction of sp³-hybridized carbons (Fsp3) is 1.00. The summed E-state index contributed by atoms with van der Waals surface area (Å²) in [6, 6.07) is 0. The standard InChI is InChI=1S/C11H25N/c1-10(2)7-5-6-8-12-9-11(3)4/h10-12H,5-9H2,1-4H3. The van der Waals surface area contributed by atoms with Crippen LogP contribution in [0, 0.1) is 11.8 Å². The van der Waals surface area contributed by atoms with E-state index in [4.69, 9.17) is 0 Å². The lowest BCUT2D eigenvalue weighted by Gasteiger charge is -2.07. The Kier molecular flexibility index (Phi) is 7.58. The molecule has 1 heteroatoms. The Morgan fingerprint density at radius 1 is 0.917 bits per heavy atom. The first-order valence-electron chi connectivity index (χ1n) is 5.33. The molecule has 0 bridgehead atoms. The monoisotopic (exact) mass is 171 g/mol. The van der Waals surface area contributed by atoms with Crippen LogP contribution < -0.4 is 5.32 Å². The molecule has 1 nitrogen and oxygen atoms in total. The maximum Gasteiger partial charge on any atom is -0.00258 e. The van der Waals surface area contributed by atoms with Crippen molar-refractivity contribution < 1.29 is 0 Å². The van der Waals surface area contributed by atoms with Crippen molar-refractivity contribution in [2.75, 3.05) is 13.1 Å². The third-order valence-electron chi connectivity index (χ3n) is 1.94. The predicted molar refractivity (Wildman–Crippen MR) is 56.4 cm³/mol. The Balaban J connectivity index is 2.91. The Morgan fingerprint density at radius 2 is 1.58 bits per heavy atom. The van der Waals surface area contributed by atoms with Crippen LogP contribution in [0.1, 0.15) is 47.0 Å². The normalized spacial score (nSPS) is 11.5. The molecule has 0 aromatic carbocycles. The van der Waals surface area contributed by atoms with Gasteiger partial charge in [-0.2, -0.15) is 0 Å². The van der Waals surface area contributed by atoms with Crippen LogP contribution in [-0.2, 0) is 0 Å². The van der Waals surface area contributed by atoms with E-state index < -0.39 is 0 Å². The molecule has 0 fully saturated rings. The maximum absolute atomic E-state index is 3.46. The fourth-order valence-corrected chi connectivity index (χ4v) is 1.19. The summed E-state index contributed by atoms with van der Waals surface area (Å²) in [7, 11) is 0. The maximum atomic E-state index is 3.46. The van der Waals surface area contributed by atoms with Crippen LogP contribution in [0.2, 0.25) is 0 Å². The Bertz CT molecular complexity index is 75.0. The molecule has 0 aromatic rings. The van der Waals surface area contributed by atoms with Gasteiger partial charge in [0, 0.05) is 0 Å². The van der Waals surface area contributed by atoms with Crippen LogP contribution in [0.4, 0.5) is 0 Å². The van der Waals surface area contributed by atoms with Crippen molar-refractivity contribution >= 4 is 0 Å². The zero-order valence-electron chi connectivity index (χ0n) is 9.19. The molecule has 0 spiro atoms. The molecule has 0 amide bonds. The van der Waals surface area contributed by atoms with Crippen LogP contribution >= 0.6 is 0 Å². The van der Waals surface area contributed by atoms with E-state index in [0.717, 1.165) is 11.8 Å². The zero-order chi connectivity index (χ0) is 9.40. The summed E-state index contributed by atoms with van der Waals surface area (Å²) in [4.78, 5) is 0. The molecular formula is C11H25N. The SMILES string of the molecule is CC(C)CCCCNCC(C)C. The highest BCUT2D eigenvalue weighted by Gasteiger charge is 1.94. The number of nitrogens with one attached hydrogen (secondary N) is 1. The van der Waals surface area contributed by atoms with Gasteiger partial charge in [-0.25, -0.2) is 0 Å². The van der Waals surface area contributed by atoms with E-state index in [1.807, 2.05) is 0 Å². The summed E-state index contributed by atoms with van der Waals surface area (Å²) >= 11 is 0. The summed E-state index contributed by atoms with van der Waals surface area (Å²) in [5.41, 5.74) is 0. The quantitative estimate of drug-likeness (QED) is 0.580. The van der Waals surface area contributed by atoms with Crippen LogP contribution in [-0.4, -0.2) is 13.1 Å². The van der Waals surface area contributed by atoms with Crippen molar-refractivity contribution in [1.29, 1.82) is 0 Å². The highest BCUT2D eigenvalue weighted by molar-refractivity contribution is 4.52. The Labute approximate surface area is 77.9 Å². The first-order chi connectivity index (χ1) is 5.63. The van der Waals surface area contributed by atoms with E-state index in [-0.39, 0.29) is 0 Å². The third-order valence-corrected chi connectivity index (χ3v) is 1.94. The van der Waals surface area contributed by atoms with Crippen LogP contribution in [0.25, 0.3) is 0 Å². The van der Waals surface area contributed by atoms with Gasteiger partial charge in [-0.1, -0.05) is 40.5 Å². The van der Waals surface area contributed by atoms with Crippen LogP contribution in [0.3, 0.4) is 0 Å². The molecule has 0 saturated heterocycles. The Hall–Kier alpha value is -0.0400. The summed E-state index contributed by atoms with van der Waals surface area (Å²) in [6.07, 6.45) is 4.09. The minimum absolute atomic E-state index is 0.787. The van der Waals surface area contributed by atoms with E-state index in [2.05, 4.69) is 33.0 Å². The molecule has 0 aliphatic heterocycles. The molecule has 0 aromatic heterocycles. The summed E-state index contributed by atoms with van der Waals surface area (Å²) in [5, 5.41) is 3.46. The molecule has 0 aliphatic rings. The molecule has 0 unspecified atom stereocenters. The van der Waals surface area contributed by atoms with Crippen LogP contribution in [0.5, 0.6) is 0 Å². The average Bonchev–Trinajstić information content (AvgIpc) is 1.95. The smallest absolute Gasteiger partial charge is 0.00258 e. The fourth-order valence-electron chi connectivity index (χ4n) is 1.19. The van der Waals surface area contributed by atoms with Gasteiger partial charge >= 0.3 is 0 Å². The lowest BCUT2D eigenvalue weighted by Crippen LogP contribution is -2.20. The van der Waals surface area contributed by atoms with E-state index in [1.54, 1.807) is 0 Å². The van der Waals surface area contributed by atoms with Gasteiger partial charge in [-0.15, -0.1) is 0 Å². The topological polar surface area (TPSA) is 12.0 Å². The Morgan fingerprint density at radius 3 is 2.08 bits per heavy atom. The van der Waals surface area contributed by atoms with E-state index in [9.17, 15) is 0 Å². The van der Waals surface area contributed by atoms with Gasteiger partial charge in [0.05, 0.1) is 0 Å². The number of unbranched alkanes of at least 4 members (excludes halogenated alkanes) is 1. The largest absolute Gasteiger partial charge is 0.316 e. The van der Waals surface area contributed by atoms with Gasteiger partial charge in [0.2, 0.25) is 0 Å². The van der Waals surface area contributed by atoms with Gasteiger partial charge in [0.25, 0.3) is 0 Å². The van der Waals surface area contributed by atoms with Crippen molar-refractivity contribution in [2.45, 2.75) is 47.0 Å². The minimum atomic E-state index is 0.787. The first kappa shape index (κ1) is 12.0. The second kappa shape index (κ2) is 7.60. The second-order valence-corrected chi connectivity index (χ2v) is 4.49. The number of hydrogen-bond donors (Lipinski definition) is 1. The molecule has 0 radical (unpaired) electrons. The molecule has 74 valence electrons. The average molecular weight is 171 g/mol. The molecular weight excluding hydrogens is 146 g/mol. The molecule has 0 atom stereocenters. The van der Waals surface area contributed by atoms with Crippen molar-refractivity contribution in [3.05, 3.63) is 0 Å². The first-order valence-corrected chi connectivity index (χ1v) is 5.33.